The number of unbranched alkanes of at least 4 members (excludes halogenated alkanes) is 1. The summed E-state index contributed by atoms with van der Waals surface area (Å²) in [6.45, 7) is 9.39. The van der Waals surface area contributed by atoms with Gasteiger partial charge in [-0.05, 0) is 43.5 Å². The van der Waals surface area contributed by atoms with E-state index in [2.05, 4.69) is 24.1 Å². The minimum absolute atomic E-state index is 0. The Morgan fingerprint density at radius 2 is 1.92 bits per heavy atom. The molecule has 1 atom stereocenters. The first-order valence-corrected chi connectivity index (χ1v) is 9.56. The van der Waals surface area contributed by atoms with Gasteiger partial charge in [0.25, 0.3) is 0 Å². The van der Waals surface area contributed by atoms with Crippen LogP contribution in [0.3, 0.4) is 0 Å². The molecule has 2 amide bonds. The van der Waals surface area contributed by atoms with Crippen molar-refractivity contribution in [2.24, 2.45) is 5.92 Å². The van der Waals surface area contributed by atoms with Crippen LogP contribution in [-0.2, 0) is 0 Å². The monoisotopic (exact) mass is 385 g/mol. The fourth-order valence-electron chi connectivity index (χ4n) is 3.44. The molecule has 1 aliphatic rings. The number of hydrogen-bond donors (Lipinski definition) is 1. The predicted molar refractivity (Wildman–Crippen MR) is 109 cm³/mol. The Morgan fingerprint density at radius 1 is 1.23 bits per heavy atom. The highest BCUT2D eigenvalue weighted by Crippen LogP contribution is 2.23. The summed E-state index contributed by atoms with van der Waals surface area (Å²) in [6.07, 6.45) is 4.58. The van der Waals surface area contributed by atoms with Crippen LogP contribution in [-0.4, -0.2) is 43.2 Å². The van der Waals surface area contributed by atoms with Crippen molar-refractivity contribution in [2.45, 2.75) is 52.5 Å². The highest BCUT2D eigenvalue weighted by atomic mass is 35.5. The second kappa shape index (κ2) is 11.3. The van der Waals surface area contributed by atoms with Gasteiger partial charge in [-0.2, -0.15) is 0 Å². The van der Waals surface area contributed by atoms with Crippen LogP contribution in [0.4, 0.5) is 14.9 Å². The van der Waals surface area contributed by atoms with E-state index >= 15 is 0 Å². The van der Waals surface area contributed by atoms with Crippen LogP contribution < -0.4 is 10.2 Å². The van der Waals surface area contributed by atoms with Gasteiger partial charge in [0, 0.05) is 31.9 Å². The number of piperazine rings is 1. The lowest BCUT2D eigenvalue weighted by atomic mass is 10.0. The average molecular weight is 386 g/mol. The van der Waals surface area contributed by atoms with Gasteiger partial charge in [-0.3, -0.25) is 0 Å². The standard InChI is InChI=1S/C20H32FN3O.ClH/c1-4-22-20(25)24-14-13-23(18-11-9-17(21)10-12-18)15-19(24)8-6-5-7-16(2)3;/h9-12,16,19H,4-8,13-15H2,1-3H3,(H,22,25);1H. The van der Waals surface area contributed by atoms with E-state index in [1.807, 2.05) is 24.0 Å². The first kappa shape index (κ1) is 22.6. The number of rotatable bonds is 7. The molecule has 0 aromatic heterocycles. The minimum Gasteiger partial charge on any atom is -0.368 e. The molecule has 1 fully saturated rings. The third kappa shape index (κ3) is 6.67. The molecule has 2 rings (SSSR count). The Bertz CT molecular complexity index is 538. The summed E-state index contributed by atoms with van der Waals surface area (Å²) < 4.78 is 13.2. The molecule has 0 bridgehead atoms. The quantitative estimate of drug-likeness (QED) is 0.691. The number of nitrogens with one attached hydrogen (secondary N) is 1. The SMILES string of the molecule is CCNC(=O)N1CCN(c2ccc(F)cc2)CC1CCCCC(C)C.Cl. The number of benzene rings is 1. The maximum Gasteiger partial charge on any atom is 0.317 e. The molecule has 148 valence electrons. The van der Waals surface area contributed by atoms with Crippen LogP contribution in [0.5, 0.6) is 0 Å². The lowest BCUT2D eigenvalue weighted by Crippen LogP contribution is -2.57. The molecule has 6 heteroatoms. The van der Waals surface area contributed by atoms with Gasteiger partial charge in [-0.25, -0.2) is 9.18 Å². The second-order valence-corrected chi connectivity index (χ2v) is 7.28. The number of carbonyl (C=O) groups is 1. The molecule has 0 aliphatic carbocycles. The number of halogens is 2. The van der Waals surface area contributed by atoms with Gasteiger partial charge >= 0.3 is 6.03 Å². The largest absolute Gasteiger partial charge is 0.368 e. The zero-order valence-corrected chi connectivity index (χ0v) is 17.0. The van der Waals surface area contributed by atoms with Crippen LogP contribution in [0.2, 0.25) is 0 Å². The fraction of sp³-hybridized carbons (Fsp3) is 0.650. The second-order valence-electron chi connectivity index (χ2n) is 7.28. The Kier molecular flexibility index (Phi) is 9.78. The first-order chi connectivity index (χ1) is 12.0. The minimum atomic E-state index is -0.213. The molecule has 1 unspecified atom stereocenters. The molecule has 1 aromatic carbocycles. The van der Waals surface area contributed by atoms with Crippen LogP contribution >= 0.6 is 12.4 Å². The Morgan fingerprint density at radius 3 is 2.54 bits per heavy atom. The first-order valence-electron chi connectivity index (χ1n) is 9.56. The summed E-state index contributed by atoms with van der Waals surface area (Å²) in [5.74, 6) is 0.511. The van der Waals surface area contributed by atoms with Crippen LogP contribution in [0.15, 0.2) is 24.3 Å². The van der Waals surface area contributed by atoms with E-state index in [9.17, 15) is 9.18 Å². The fourth-order valence-corrected chi connectivity index (χ4v) is 3.44. The lowest BCUT2D eigenvalue weighted by molar-refractivity contribution is 0.160. The summed E-state index contributed by atoms with van der Waals surface area (Å²) in [7, 11) is 0. The summed E-state index contributed by atoms with van der Waals surface area (Å²) >= 11 is 0. The summed E-state index contributed by atoms with van der Waals surface area (Å²) in [5, 5.41) is 2.93. The van der Waals surface area contributed by atoms with Crippen molar-refractivity contribution in [3.8, 4) is 0 Å². The van der Waals surface area contributed by atoms with Gasteiger partial charge in [0.05, 0.1) is 6.04 Å². The van der Waals surface area contributed by atoms with E-state index in [1.165, 1.54) is 25.0 Å². The zero-order valence-electron chi connectivity index (χ0n) is 16.2. The molecule has 1 aliphatic heterocycles. The number of amides is 2. The van der Waals surface area contributed by atoms with Crippen molar-refractivity contribution >= 4 is 24.1 Å². The maximum atomic E-state index is 13.2. The summed E-state index contributed by atoms with van der Waals surface area (Å²) in [6, 6.07) is 6.90. The Hall–Kier alpha value is -1.49. The Labute approximate surface area is 163 Å². The van der Waals surface area contributed by atoms with E-state index < -0.39 is 0 Å². The number of urea groups is 1. The average Bonchev–Trinajstić information content (AvgIpc) is 2.59. The number of nitrogens with zero attached hydrogens (tertiary/aromatic N) is 2. The molecule has 0 saturated carbocycles. The molecule has 1 heterocycles. The Balaban J connectivity index is 0.00000338. The number of anilines is 1. The highest BCUT2D eigenvalue weighted by molar-refractivity contribution is 5.85. The van der Waals surface area contributed by atoms with Gasteiger partial charge in [-0.15, -0.1) is 12.4 Å². The molecule has 1 saturated heterocycles. The van der Waals surface area contributed by atoms with Crippen molar-refractivity contribution in [2.75, 3.05) is 31.1 Å². The number of carbonyl (C=O) groups excluding carboxylic acids is 1. The molecular weight excluding hydrogens is 353 g/mol. The summed E-state index contributed by atoms with van der Waals surface area (Å²) in [5.41, 5.74) is 1.03. The van der Waals surface area contributed by atoms with Gasteiger partial charge < -0.3 is 15.1 Å². The van der Waals surface area contributed by atoms with Gasteiger partial charge in [0.15, 0.2) is 0 Å². The van der Waals surface area contributed by atoms with Crippen LogP contribution in [0, 0.1) is 11.7 Å². The normalized spacial score (nSPS) is 17.2. The van der Waals surface area contributed by atoms with Crippen LogP contribution in [0.25, 0.3) is 0 Å². The maximum absolute atomic E-state index is 13.2. The van der Waals surface area contributed by atoms with Gasteiger partial charge in [0.2, 0.25) is 0 Å². The van der Waals surface area contributed by atoms with Crippen LogP contribution in [0.1, 0.15) is 46.5 Å². The lowest BCUT2D eigenvalue weighted by Gasteiger charge is -2.42. The van der Waals surface area contributed by atoms with E-state index in [1.54, 1.807) is 0 Å². The van der Waals surface area contributed by atoms with Gasteiger partial charge in [-0.1, -0.05) is 33.1 Å². The van der Waals surface area contributed by atoms with Crippen molar-refractivity contribution < 1.29 is 9.18 Å². The molecule has 0 spiro atoms. The van der Waals surface area contributed by atoms with E-state index in [-0.39, 0.29) is 30.3 Å². The van der Waals surface area contributed by atoms with Crippen molar-refractivity contribution in [3.63, 3.8) is 0 Å². The molecule has 26 heavy (non-hydrogen) atoms. The number of hydrogen-bond acceptors (Lipinski definition) is 2. The topological polar surface area (TPSA) is 35.6 Å². The third-order valence-electron chi connectivity index (χ3n) is 4.83. The molecule has 0 radical (unpaired) electrons. The highest BCUT2D eigenvalue weighted by Gasteiger charge is 2.30. The van der Waals surface area contributed by atoms with E-state index in [4.69, 9.17) is 0 Å². The molecule has 1 aromatic rings. The van der Waals surface area contributed by atoms with Crippen molar-refractivity contribution in [3.05, 3.63) is 30.1 Å². The zero-order chi connectivity index (χ0) is 18.2. The van der Waals surface area contributed by atoms with Gasteiger partial charge in [0.1, 0.15) is 5.82 Å². The smallest absolute Gasteiger partial charge is 0.317 e. The molecule has 4 nitrogen and oxygen atoms in total. The van der Waals surface area contributed by atoms with Crippen molar-refractivity contribution in [1.29, 1.82) is 0 Å². The summed E-state index contributed by atoms with van der Waals surface area (Å²) in [4.78, 5) is 16.6. The predicted octanol–water partition coefficient (Wildman–Crippen LogP) is 4.68. The van der Waals surface area contributed by atoms with E-state index in [0.717, 1.165) is 37.5 Å². The molecular formula is C20H33ClFN3O. The third-order valence-corrected chi connectivity index (χ3v) is 4.83. The van der Waals surface area contributed by atoms with Crippen molar-refractivity contribution in [1.82, 2.24) is 10.2 Å². The van der Waals surface area contributed by atoms with E-state index in [0.29, 0.717) is 13.1 Å². The molecule has 1 N–H and O–H groups in total.